The van der Waals surface area contributed by atoms with Crippen LogP contribution in [0.3, 0.4) is 0 Å². The van der Waals surface area contributed by atoms with Crippen molar-refractivity contribution in [2.24, 2.45) is 0 Å². The number of halogens is 1. The van der Waals surface area contributed by atoms with Gasteiger partial charge >= 0.3 is 0 Å². The van der Waals surface area contributed by atoms with Crippen LogP contribution in [-0.2, 0) is 10.0 Å². The Hall–Kier alpha value is -2.08. The number of benzene rings is 2. The molecule has 0 spiro atoms. The lowest BCUT2D eigenvalue weighted by atomic mass is 10.3. The van der Waals surface area contributed by atoms with Gasteiger partial charge in [0.2, 0.25) is 0 Å². The molecule has 0 atom stereocenters. The fourth-order valence-corrected chi connectivity index (χ4v) is 3.56. The van der Waals surface area contributed by atoms with Crippen molar-refractivity contribution in [3.8, 4) is 0 Å². The SMILES string of the molecule is CCN(c1ccccc1F)S(=O)(=O)c1ccccc1N. The maximum atomic E-state index is 13.8. The Balaban J connectivity index is 2.58. The summed E-state index contributed by atoms with van der Waals surface area (Å²) in [6.45, 7) is 1.75. The van der Waals surface area contributed by atoms with Crippen LogP contribution in [0.5, 0.6) is 0 Å². The third-order valence-electron chi connectivity index (χ3n) is 2.90. The van der Waals surface area contributed by atoms with Crippen LogP contribution in [0.15, 0.2) is 53.4 Å². The molecule has 0 radical (unpaired) electrons. The first kappa shape index (κ1) is 14.3. The van der Waals surface area contributed by atoms with E-state index in [1.807, 2.05) is 0 Å². The molecule has 0 aliphatic rings. The molecule has 106 valence electrons. The van der Waals surface area contributed by atoms with Gasteiger partial charge in [0, 0.05) is 6.54 Å². The van der Waals surface area contributed by atoms with E-state index in [1.54, 1.807) is 25.1 Å². The number of sulfonamides is 1. The standard InChI is InChI=1S/C14H15FN2O2S/c1-2-17(13-9-5-3-7-11(13)15)20(18,19)14-10-6-4-8-12(14)16/h3-10H,2,16H2,1H3. The molecule has 2 rings (SSSR count). The first-order chi connectivity index (χ1) is 9.48. The van der Waals surface area contributed by atoms with Gasteiger partial charge in [0.05, 0.1) is 11.4 Å². The van der Waals surface area contributed by atoms with E-state index in [4.69, 9.17) is 5.73 Å². The van der Waals surface area contributed by atoms with Gasteiger partial charge in [-0.1, -0.05) is 24.3 Å². The first-order valence-electron chi connectivity index (χ1n) is 6.10. The highest BCUT2D eigenvalue weighted by Crippen LogP contribution is 2.28. The molecule has 0 aliphatic heterocycles. The summed E-state index contributed by atoms with van der Waals surface area (Å²) in [6.07, 6.45) is 0. The number of para-hydroxylation sites is 2. The minimum Gasteiger partial charge on any atom is -0.398 e. The van der Waals surface area contributed by atoms with E-state index in [1.165, 1.54) is 30.3 Å². The molecule has 0 aliphatic carbocycles. The topological polar surface area (TPSA) is 63.4 Å². The molecule has 20 heavy (non-hydrogen) atoms. The number of anilines is 2. The minimum atomic E-state index is -3.89. The molecular formula is C14H15FN2O2S. The Morgan fingerprint density at radius 2 is 1.70 bits per heavy atom. The molecule has 4 nitrogen and oxygen atoms in total. The van der Waals surface area contributed by atoms with Crippen LogP contribution in [0.2, 0.25) is 0 Å². The maximum absolute atomic E-state index is 13.8. The van der Waals surface area contributed by atoms with Crippen LogP contribution >= 0.6 is 0 Å². The van der Waals surface area contributed by atoms with Gasteiger partial charge in [0.25, 0.3) is 10.0 Å². The van der Waals surface area contributed by atoms with Crippen molar-refractivity contribution in [1.82, 2.24) is 0 Å². The van der Waals surface area contributed by atoms with E-state index in [2.05, 4.69) is 0 Å². The molecule has 0 bridgehead atoms. The number of hydrogen-bond donors (Lipinski definition) is 1. The monoisotopic (exact) mass is 294 g/mol. The quantitative estimate of drug-likeness (QED) is 0.882. The summed E-state index contributed by atoms with van der Waals surface area (Å²) in [5.41, 5.74) is 5.87. The van der Waals surface area contributed by atoms with Gasteiger partial charge in [-0.25, -0.2) is 12.8 Å². The number of nitrogens with zero attached hydrogens (tertiary/aromatic N) is 1. The smallest absolute Gasteiger partial charge is 0.266 e. The Morgan fingerprint density at radius 3 is 2.30 bits per heavy atom. The summed E-state index contributed by atoms with van der Waals surface area (Å²) in [5.74, 6) is -0.590. The lowest BCUT2D eigenvalue weighted by Gasteiger charge is -2.23. The molecule has 0 saturated heterocycles. The van der Waals surface area contributed by atoms with Crippen molar-refractivity contribution in [3.05, 3.63) is 54.3 Å². The Kier molecular flexibility index (Phi) is 3.94. The molecule has 2 N–H and O–H groups in total. The van der Waals surface area contributed by atoms with Crippen LogP contribution in [0.1, 0.15) is 6.92 Å². The van der Waals surface area contributed by atoms with E-state index in [-0.39, 0.29) is 22.8 Å². The summed E-state index contributed by atoms with van der Waals surface area (Å²) in [5, 5.41) is 0. The Morgan fingerprint density at radius 1 is 1.10 bits per heavy atom. The molecule has 0 heterocycles. The molecule has 6 heteroatoms. The van der Waals surface area contributed by atoms with E-state index >= 15 is 0 Å². The molecular weight excluding hydrogens is 279 g/mol. The fraction of sp³-hybridized carbons (Fsp3) is 0.143. The van der Waals surface area contributed by atoms with E-state index in [9.17, 15) is 12.8 Å². The normalized spacial score (nSPS) is 11.3. The second-order valence-electron chi connectivity index (χ2n) is 4.16. The van der Waals surface area contributed by atoms with Gasteiger partial charge < -0.3 is 5.73 Å². The van der Waals surface area contributed by atoms with Crippen molar-refractivity contribution in [2.45, 2.75) is 11.8 Å². The lowest BCUT2D eigenvalue weighted by Crippen LogP contribution is -2.32. The molecule has 0 amide bonds. The summed E-state index contributed by atoms with van der Waals surface area (Å²) in [4.78, 5) is -0.0231. The second-order valence-corrected chi connectivity index (χ2v) is 5.99. The molecule has 2 aromatic rings. The van der Waals surface area contributed by atoms with Gasteiger partial charge in [-0.3, -0.25) is 4.31 Å². The van der Waals surface area contributed by atoms with Gasteiger partial charge in [-0.15, -0.1) is 0 Å². The van der Waals surface area contributed by atoms with Crippen LogP contribution in [0.4, 0.5) is 15.8 Å². The van der Waals surface area contributed by atoms with Crippen LogP contribution in [-0.4, -0.2) is 15.0 Å². The maximum Gasteiger partial charge on any atom is 0.266 e. The van der Waals surface area contributed by atoms with Gasteiger partial charge in [0.1, 0.15) is 10.7 Å². The van der Waals surface area contributed by atoms with Crippen LogP contribution in [0.25, 0.3) is 0 Å². The number of hydrogen-bond acceptors (Lipinski definition) is 3. The van der Waals surface area contributed by atoms with E-state index in [0.717, 1.165) is 4.31 Å². The Bertz CT molecular complexity index is 717. The zero-order chi connectivity index (χ0) is 14.8. The predicted molar refractivity (Wildman–Crippen MR) is 77.5 cm³/mol. The van der Waals surface area contributed by atoms with Crippen molar-refractivity contribution >= 4 is 21.4 Å². The summed E-state index contributed by atoms with van der Waals surface area (Å²) < 4.78 is 40.1. The second kappa shape index (κ2) is 5.50. The molecule has 2 aromatic carbocycles. The molecule has 0 saturated carbocycles. The molecule has 0 unspecified atom stereocenters. The van der Waals surface area contributed by atoms with Crippen LogP contribution in [0, 0.1) is 5.82 Å². The zero-order valence-corrected chi connectivity index (χ0v) is 11.8. The summed E-state index contributed by atoms with van der Waals surface area (Å²) >= 11 is 0. The number of nitrogen functional groups attached to an aromatic ring is 1. The minimum absolute atomic E-state index is 0.0123. The average molecular weight is 294 g/mol. The first-order valence-corrected chi connectivity index (χ1v) is 7.54. The largest absolute Gasteiger partial charge is 0.398 e. The van der Waals surface area contributed by atoms with Crippen molar-refractivity contribution in [2.75, 3.05) is 16.6 Å². The molecule has 0 fully saturated rings. The zero-order valence-electron chi connectivity index (χ0n) is 11.0. The highest BCUT2D eigenvalue weighted by atomic mass is 32.2. The van der Waals surface area contributed by atoms with Gasteiger partial charge in [0.15, 0.2) is 0 Å². The predicted octanol–water partition coefficient (Wildman–Crippen LogP) is 2.62. The Labute approximate surface area is 117 Å². The third kappa shape index (κ3) is 2.46. The van der Waals surface area contributed by atoms with Gasteiger partial charge in [-0.05, 0) is 31.2 Å². The highest BCUT2D eigenvalue weighted by molar-refractivity contribution is 7.93. The fourth-order valence-electron chi connectivity index (χ4n) is 1.96. The highest BCUT2D eigenvalue weighted by Gasteiger charge is 2.27. The summed E-state index contributed by atoms with van der Waals surface area (Å²) in [7, 11) is -3.89. The van der Waals surface area contributed by atoms with E-state index < -0.39 is 15.8 Å². The molecule has 0 aromatic heterocycles. The van der Waals surface area contributed by atoms with Crippen molar-refractivity contribution < 1.29 is 12.8 Å². The third-order valence-corrected chi connectivity index (χ3v) is 4.86. The lowest BCUT2D eigenvalue weighted by molar-refractivity contribution is 0.587. The number of nitrogens with two attached hydrogens (primary N) is 1. The van der Waals surface area contributed by atoms with E-state index in [0.29, 0.717) is 0 Å². The van der Waals surface area contributed by atoms with Crippen molar-refractivity contribution in [1.29, 1.82) is 0 Å². The van der Waals surface area contributed by atoms with Gasteiger partial charge in [-0.2, -0.15) is 0 Å². The van der Waals surface area contributed by atoms with Crippen molar-refractivity contribution in [3.63, 3.8) is 0 Å². The summed E-state index contributed by atoms with van der Waals surface area (Å²) in [6, 6.07) is 11.9. The average Bonchev–Trinajstić information content (AvgIpc) is 2.42. The van der Waals surface area contributed by atoms with Crippen LogP contribution < -0.4 is 10.0 Å². The number of rotatable bonds is 4.